The quantitative estimate of drug-likeness (QED) is 0.811. The number of piperidine rings is 1. The van der Waals surface area contributed by atoms with E-state index in [1.54, 1.807) is 23.1 Å². The molecule has 1 aromatic heterocycles. The summed E-state index contributed by atoms with van der Waals surface area (Å²) in [5, 5.41) is 3.56. The molecule has 7 nitrogen and oxygen atoms in total. The highest BCUT2D eigenvalue weighted by atomic mass is 35.5. The van der Waals surface area contributed by atoms with E-state index in [0.717, 1.165) is 0 Å². The fraction of sp³-hybridized carbons (Fsp3) is 0.353. The highest BCUT2D eigenvalue weighted by molar-refractivity contribution is 6.31. The lowest BCUT2D eigenvalue weighted by Crippen LogP contribution is -2.52. The summed E-state index contributed by atoms with van der Waals surface area (Å²) in [5.41, 5.74) is -0.374. The molecule has 1 unspecified atom stereocenters. The fourth-order valence-corrected chi connectivity index (χ4v) is 3.70. The van der Waals surface area contributed by atoms with Crippen molar-refractivity contribution in [3.8, 4) is 0 Å². The van der Waals surface area contributed by atoms with Gasteiger partial charge in [-0.15, -0.1) is 0 Å². The SMILES string of the molecule is O=C1NCC2(CCCN(C(=O)c3c[nH]c4cc(Cl)ccc4c3=O)C2)O1. The van der Waals surface area contributed by atoms with Gasteiger partial charge in [0.25, 0.3) is 5.91 Å². The number of carbonyl (C=O) groups is 2. The van der Waals surface area contributed by atoms with E-state index in [2.05, 4.69) is 10.3 Å². The van der Waals surface area contributed by atoms with Gasteiger partial charge in [0.15, 0.2) is 0 Å². The normalized spacial score (nSPS) is 22.9. The van der Waals surface area contributed by atoms with E-state index in [4.69, 9.17) is 16.3 Å². The second-order valence-electron chi connectivity index (χ2n) is 6.48. The molecule has 0 aliphatic carbocycles. The van der Waals surface area contributed by atoms with Crippen LogP contribution in [0.3, 0.4) is 0 Å². The summed E-state index contributed by atoms with van der Waals surface area (Å²) in [7, 11) is 0. The molecule has 1 spiro atoms. The number of aromatic nitrogens is 1. The number of nitrogens with one attached hydrogen (secondary N) is 2. The minimum absolute atomic E-state index is 0.0733. The van der Waals surface area contributed by atoms with Gasteiger partial charge < -0.3 is 19.9 Å². The number of hydrogen-bond donors (Lipinski definition) is 2. The zero-order valence-electron chi connectivity index (χ0n) is 13.3. The van der Waals surface area contributed by atoms with Gasteiger partial charge in [-0.05, 0) is 31.0 Å². The summed E-state index contributed by atoms with van der Waals surface area (Å²) in [6.45, 7) is 1.18. The maximum Gasteiger partial charge on any atom is 0.407 e. The molecule has 0 saturated carbocycles. The van der Waals surface area contributed by atoms with Crippen molar-refractivity contribution in [3.63, 3.8) is 0 Å². The summed E-state index contributed by atoms with van der Waals surface area (Å²) in [5.74, 6) is -0.361. The molecule has 2 N–H and O–H groups in total. The highest BCUT2D eigenvalue weighted by Gasteiger charge is 2.45. The van der Waals surface area contributed by atoms with Crippen molar-refractivity contribution in [2.45, 2.75) is 18.4 Å². The molecule has 2 fully saturated rings. The van der Waals surface area contributed by atoms with E-state index in [-0.39, 0.29) is 23.4 Å². The van der Waals surface area contributed by atoms with E-state index in [1.165, 1.54) is 6.20 Å². The van der Waals surface area contributed by atoms with Gasteiger partial charge in [-0.1, -0.05) is 11.6 Å². The first kappa shape index (κ1) is 16.0. The average molecular weight is 362 g/mol. The molecule has 1 atom stereocenters. The Morgan fingerprint density at radius 3 is 2.92 bits per heavy atom. The molecule has 0 radical (unpaired) electrons. The molecule has 2 aliphatic rings. The van der Waals surface area contributed by atoms with Crippen LogP contribution in [0.2, 0.25) is 5.02 Å². The van der Waals surface area contributed by atoms with Crippen LogP contribution in [-0.4, -0.2) is 47.1 Å². The molecule has 3 heterocycles. The van der Waals surface area contributed by atoms with Gasteiger partial charge in [0.2, 0.25) is 5.43 Å². The minimum Gasteiger partial charge on any atom is -0.439 e. The molecule has 130 valence electrons. The Kier molecular flexibility index (Phi) is 3.68. The van der Waals surface area contributed by atoms with Crippen LogP contribution in [0, 0.1) is 0 Å². The van der Waals surface area contributed by atoms with Crippen molar-refractivity contribution in [3.05, 3.63) is 45.2 Å². The summed E-state index contributed by atoms with van der Waals surface area (Å²) < 4.78 is 5.38. The zero-order chi connectivity index (χ0) is 17.6. The second-order valence-corrected chi connectivity index (χ2v) is 6.91. The number of amides is 2. The average Bonchev–Trinajstić information content (AvgIpc) is 2.94. The summed E-state index contributed by atoms with van der Waals surface area (Å²) in [6.07, 6.45) is 2.36. The van der Waals surface area contributed by atoms with Crippen molar-refractivity contribution in [1.29, 1.82) is 0 Å². The van der Waals surface area contributed by atoms with E-state index < -0.39 is 11.7 Å². The number of carbonyl (C=O) groups excluding carboxylic acids is 2. The number of likely N-dealkylation sites (tertiary alicyclic amines) is 1. The monoisotopic (exact) mass is 361 g/mol. The molecule has 2 aliphatic heterocycles. The Bertz CT molecular complexity index is 941. The molecule has 8 heteroatoms. The molecule has 0 bridgehead atoms. The highest BCUT2D eigenvalue weighted by Crippen LogP contribution is 2.28. The topological polar surface area (TPSA) is 91.5 Å². The largest absolute Gasteiger partial charge is 0.439 e. The first-order valence-electron chi connectivity index (χ1n) is 8.05. The molecule has 1 aromatic carbocycles. The van der Waals surface area contributed by atoms with Crippen molar-refractivity contribution in [2.24, 2.45) is 0 Å². The van der Waals surface area contributed by atoms with Crippen molar-refractivity contribution >= 4 is 34.5 Å². The Hall–Kier alpha value is -2.54. The van der Waals surface area contributed by atoms with Gasteiger partial charge >= 0.3 is 6.09 Å². The fourth-order valence-electron chi connectivity index (χ4n) is 3.52. The number of pyridine rings is 1. The molecule has 2 amide bonds. The number of hydrogen-bond acceptors (Lipinski definition) is 4. The number of fused-ring (bicyclic) bond motifs is 1. The molecule has 2 aromatic rings. The van der Waals surface area contributed by atoms with Crippen molar-refractivity contribution < 1.29 is 14.3 Å². The third kappa shape index (κ3) is 2.74. The zero-order valence-corrected chi connectivity index (χ0v) is 14.1. The van der Waals surface area contributed by atoms with Crippen LogP contribution in [0.5, 0.6) is 0 Å². The van der Waals surface area contributed by atoms with Crippen LogP contribution in [0.25, 0.3) is 10.9 Å². The second kappa shape index (κ2) is 5.77. The molecular weight excluding hydrogens is 346 g/mol. The van der Waals surface area contributed by atoms with Gasteiger partial charge in [0.1, 0.15) is 11.2 Å². The number of nitrogens with zero attached hydrogens (tertiary/aromatic N) is 1. The molecule has 2 saturated heterocycles. The predicted molar refractivity (Wildman–Crippen MR) is 91.9 cm³/mol. The number of halogens is 1. The number of aromatic amines is 1. The van der Waals surface area contributed by atoms with Gasteiger partial charge in [0.05, 0.1) is 18.6 Å². The Morgan fingerprint density at radius 1 is 1.32 bits per heavy atom. The number of H-pyrrole nitrogens is 1. The third-order valence-electron chi connectivity index (χ3n) is 4.76. The predicted octanol–water partition coefficient (Wildman–Crippen LogP) is 1.90. The van der Waals surface area contributed by atoms with Crippen LogP contribution in [0.15, 0.2) is 29.2 Å². The van der Waals surface area contributed by atoms with E-state index >= 15 is 0 Å². The maximum atomic E-state index is 12.9. The Labute approximate surface area is 147 Å². The van der Waals surface area contributed by atoms with Gasteiger partial charge in [-0.3, -0.25) is 9.59 Å². The summed E-state index contributed by atoms with van der Waals surface area (Å²) in [6, 6.07) is 4.87. The minimum atomic E-state index is -0.692. The van der Waals surface area contributed by atoms with Gasteiger partial charge in [-0.2, -0.15) is 0 Å². The van der Waals surface area contributed by atoms with E-state index in [1.807, 2.05) is 0 Å². The Balaban J connectivity index is 1.65. The summed E-state index contributed by atoms with van der Waals surface area (Å²) in [4.78, 5) is 41.5. The van der Waals surface area contributed by atoms with Crippen LogP contribution >= 0.6 is 11.6 Å². The van der Waals surface area contributed by atoms with Gasteiger partial charge in [-0.25, -0.2) is 4.79 Å². The third-order valence-corrected chi connectivity index (χ3v) is 5.00. The van der Waals surface area contributed by atoms with E-state index in [9.17, 15) is 14.4 Å². The lowest BCUT2D eigenvalue weighted by molar-refractivity contribution is -0.00509. The van der Waals surface area contributed by atoms with Crippen LogP contribution < -0.4 is 10.7 Å². The number of alkyl carbamates (subject to hydrolysis) is 1. The first-order chi connectivity index (χ1) is 12.0. The van der Waals surface area contributed by atoms with Crippen LogP contribution in [0.4, 0.5) is 4.79 Å². The maximum absolute atomic E-state index is 12.9. The number of rotatable bonds is 1. The number of benzene rings is 1. The number of ether oxygens (including phenoxy) is 1. The van der Waals surface area contributed by atoms with Crippen molar-refractivity contribution in [2.75, 3.05) is 19.6 Å². The molecule has 25 heavy (non-hydrogen) atoms. The van der Waals surface area contributed by atoms with E-state index in [0.29, 0.717) is 41.9 Å². The van der Waals surface area contributed by atoms with Gasteiger partial charge in [0, 0.05) is 23.2 Å². The van der Waals surface area contributed by atoms with Crippen LogP contribution in [-0.2, 0) is 4.74 Å². The lowest BCUT2D eigenvalue weighted by atomic mass is 9.92. The summed E-state index contributed by atoms with van der Waals surface area (Å²) >= 11 is 5.93. The first-order valence-corrected chi connectivity index (χ1v) is 8.42. The standard InChI is InChI=1S/C17H16ClN3O4/c18-10-2-3-11-13(6-10)19-7-12(14(11)22)15(23)21-5-1-4-17(9-21)8-20-16(24)25-17/h2-3,6-7H,1,4-5,8-9H2,(H,19,22)(H,20,24). The molecule has 4 rings (SSSR count). The van der Waals surface area contributed by atoms with Crippen molar-refractivity contribution in [1.82, 2.24) is 15.2 Å². The lowest BCUT2D eigenvalue weighted by Gasteiger charge is -2.38. The molecular formula is C17H16ClN3O4. The smallest absolute Gasteiger partial charge is 0.407 e. The van der Waals surface area contributed by atoms with Crippen LogP contribution in [0.1, 0.15) is 23.2 Å². The Morgan fingerprint density at radius 2 is 2.16 bits per heavy atom.